The Bertz CT molecular complexity index is 132. The Labute approximate surface area is 99.0 Å². The lowest BCUT2D eigenvalue weighted by molar-refractivity contribution is -0.0562. The number of rotatable bonds is 10. The molecule has 0 saturated carbocycles. The highest BCUT2D eigenvalue weighted by Gasteiger charge is 2.25. The van der Waals surface area contributed by atoms with Crippen molar-refractivity contribution < 1.29 is 9.84 Å². The van der Waals surface area contributed by atoms with Gasteiger partial charge in [-0.1, -0.05) is 39.5 Å². The Kier molecular flexibility index (Phi) is 9.57. The van der Waals surface area contributed by atoms with Crippen LogP contribution in [0.3, 0.4) is 0 Å². The maximum Gasteiger partial charge on any atom is 0.0880 e. The monoisotopic (exact) mass is 236 g/mol. The van der Waals surface area contributed by atoms with Gasteiger partial charge >= 0.3 is 0 Å². The summed E-state index contributed by atoms with van der Waals surface area (Å²) in [6, 6.07) is 0. The molecule has 0 aliphatic heterocycles. The van der Waals surface area contributed by atoms with Gasteiger partial charge in [0.1, 0.15) is 0 Å². The van der Waals surface area contributed by atoms with Gasteiger partial charge in [0.25, 0.3) is 0 Å². The molecule has 0 fully saturated rings. The van der Waals surface area contributed by atoms with Crippen molar-refractivity contribution in [2.75, 3.05) is 19.1 Å². The molecule has 0 aromatic heterocycles. The third-order valence-corrected chi connectivity index (χ3v) is 2.74. The molecule has 0 aromatic carbocycles. The summed E-state index contributed by atoms with van der Waals surface area (Å²) in [5.41, 5.74) is -0.627. The Balaban J connectivity index is 3.89. The van der Waals surface area contributed by atoms with Gasteiger partial charge in [-0.05, 0) is 12.8 Å². The van der Waals surface area contributed by atoms with Crippen LogP contribution >= 0.6 is 11.6 Å². The predicted octanol–water partition coefficient (Wildman–Crippen LogP) is 3.35. The molecule has 0 atom stereocenters. The maximum absolute atomic E-state index is 10.3. The van der Waals surface area contributed by atoms with E-state index in [4.69, 9.17) is 16.3 Å². The zero-order valence-electron chi connectivity index (χ0n) is 10.1. The Morgan fingerprint density at radius 1 is 1.13 bits per heavy atom. The molecular formula is C12H25ClO2. The van der Waals surface area contributed by atoms with Crippen molar-refractivity contribution >= 4 is 11.6 Å². The van der Waals surface area contributed by atoms with E-state index in [1.807, 2.05) is 0 Å². The molecule has 0 aliphatic carbocycles. The molecule has 2 nitrogen and oxygen atoms in total. The lowest BCUT2D eigenvalue weighted by atomic mass is 9.92. The second-order valence-electron chi connectivity index (χ2n) is 4.17. The molecule has 1 N–H and O–H groups in total. The van der Waals surface area contributed by atoms with Gasteiger partial charge in [-0.2, -0.15) is 0 Å². The van der Waals surface area contributed by atoms with Gasteiger partial charge in [0, 0.05) is 5.88 Å². The third kappa shape index (κ3) is 8.06. The van der Waals surface area contributed by atoms with Crippen LogP contribution in [0.2, 0.25) is 0 Å². The number of unbranched alkanes of at least 4 members (excludes halogenated alkanes) is 2. The van der Waals surface area contributed by atoms with Gasteiger partial charge in [0.15, 0.2) is 0 Å². The maximum atomic E-state index is 10.3. The first-order chi connectivity index (χ1) is 7.18. The van der Waals surface area contributed by atoms with E-state index >= 15 is 0 Å². The number of hydrogen-bond donors (Lipinski definition) is 1. The standard InChI is InChI=1S/C12H25ClO2/c1-3-5-7-12(14,8-6-4-2)11-15-10-9-13/h14H,3-11H2,1-2H3. The van der Waals surface area contributed by atoms with Crippen LogP contribution in [0.5, 0.6) is 0 Å². The van der Waals surface area contributed by atoms with Crippen molar-refractivity contribution in [2.45, 2.75) is 58.0 Å². The summed E-state index contributed by atoms with van der Waals surface area (Å²) in [6.07, 6.45) is 6.03. The molecule has 0 amide bonds. The third-order valence-electron chi connectivity index (χ3n) is 2.58. The van der Waals surface area contributed by atoms with Crippen LogP contribution < -0.4 is 0 Å². The van der Waals surface area contributed by atoms with Crippen molar-refractivity contribution in [3.8, 4) is 0 Å². The van der Waals surface area contributed by atoms with Crippen LogP contribution in [0.15, 0.2) is 0 Å². The van der Waals surface area contributed by atoms with E-state index < -0.39 is 5.60 Å². The molecule has 15 heavy (non-hydrogen) atoms. The van der Waals surface area contributed by atoms with Gasteiger partial charge in [-0.3, -0.25) is 0 Å². The molecule has 0 heterocycles. The number of hydrogen-bond acceptors (Lipinski definition) is 2. The van der Waals surface area contributed by atoms with Gasteiger partial charge < -0.3 is 9.84 Å². The van der Waals surface area contributed by atoms with E-state index in [-0.39, 0.29) is 0 Å². The van der Waals surface area contributed by atoms with Crippen molar-refractivity contribution in [1.29, 1.82) is 0 Å². The van der Waals surface area contributed by atoms with Crippen molar-refractivity contribution in [3.63, 3.8) is 0 Å². The minimum atomic E-state index is -0.627. The minimum Gasteiger partial charge on any atom is -0.387 e. The SMILES string of the molecule is CCCCC(O)(CCCC)COCCCl. The predicted molar refractivity (Wildman–Crippen MR) is 65.5 cm³/mol. The largest absolute Gasteiger partial charge is 0.387 e. The van der Waals surface area contributed by atoms with E-state index in [1.165, 1.54) is 0 Å². The van der Waals surface area contributed by atoms with Gasteiger partial charge in [0.05, 0.1) is 18.8 Å². The van der Waals surface area contributed by atoms with Crippen molar-refractivity contribution in [2.24, 2.45) is 0 Å². The fourth-order valence-corrected chi connectivity index (χ4v) is 1.71. The number of halogens is 1. The normalized spacial score (nSPS) is 12.0. The van der Waals surface area contributed by atoms with Crippen LogP contribution in [-0.4, -0.2) is 29.8 Å². The topological polar surface area (TPSA) is 29.5 Å². The first-order valence-corrected chi connectivity index (χ1v) is 6.58. The molecule has 0 unspecified atom stereocenters. The Morgan fingerprint density at radius 3 is 2.07 bits per heavy atom. The van der Waals surface area contributed by atoms with Gasteiger partial charge in [-0.25, -0.2) is 0 Å². The van der Waals surface area contributed by atoms with Crippen LogP contribution in [0, 0.1) is 0 Å². The smallest absolute Gasteiger partial charge is 0.0880 e. The summed E-state index contributed by atoms with van der Waals surface area (Å²) in [6.45, 7) is 5.24. The Hall–Kier alpha value is 0.210. The van der Waals surface area contributed by atoms with E-state index in [2.05, 4.69) is 13.8 Å². The zero-order valence-corrected chi connectivity index (χ0v) is 10.9. The first-order valence-electron chi connectivity index (χ1n) is 6.04. The highest BCUT2D eigenvalue weighted by molar-refractivity contribution is 6.17. The summed E-state index contributed by atoms with van der Waals surface area (Å²) >= 11 is 5.53. The summed E-state index contributed by atoms with van der Waals surface area (Å²) in [5, 5.41) is 10.3. The molecule has 0 spiro atoms. The molecule has 92 valence electrons. The fourth-order valence-electron chi connectivity index (χ4n) is 1.60. The quantitative estimate of drug-likeness (QED) is 0.466. The van der Waals surface area contributed by atoms with E-state index in [9.17, 15) is 5.11 Å². The lowest BCUT2D eigenvalue weighted by Crippen LogP contribution is -2.34. The summed E-state index contributed by atoms with van der Waals surface area (Å²) in [7, 11) is 0. The van der Waals surface area contributed by atoms with Gasteiger partial charge in [0.2, 0.25) is 0 Å². The minimum absolute atomic E-state index is 0.430. The molecule has 0 rings (SSSR count). The fraction of sp³-hybridized carbons (Fsp3) is 1.00. The first kappa shape index (κ1) is 15.2. The number of alkyl halides is 1. The van der Waals surface area contributed by atoms with Crippen molar-refractivity contribution in [1.82, 2.24) is 0 Å². The molecule has 0 bridgehead atoms. The lowest BCUT2D eigenvalue weighted by Gasteiger charge is -2.27. The van der Waals surface area contributed by atoms with Crippen LogP contribution in [0.4, 0.5) is 0 Å². The van der Waals surface area contributed by atoms with E-state index in [0.29, 0.717) is 19.1 Å². The summed E-state index contributed by atoms with van der Waals surface area (Å²) in [5.74, 6) is 0.498. The second kappa shape index (κ2) is 9.44. The number of ether oxygens (including phenoxy) is 1. The average molecular weight is 237 g/mol. The second-order valence-corrected chi connectivity index (χ2v) is 4.55. The van der Waals surface area contributed by atoms with Crippen LogP contribution in [-0.2, 0) is 4.74 Å². The summed E-state index contributed by atoms with van der Waals surface area (Å²) < 4.78 is 5.36. The van der Waals surface area contributed by atoms with E-state index in [0.717, 1.165) is 38.5 Å². The molecule has 0 aliphatic rings. The van der Waals surface area contributed by atoms with Crippen LogP contribution in [0.25, 0.3) is 0 Å². The highest BCUT2D eigenvalue weighted by Crippen LogP contribution is 2.21. The summed E-state index contributed by atoms with van der Waals surface area (Å²) in [4.78, 5) is 0. The average Bonchev–Trinajstić information content (AvgIpc) is 2.24. The highest BCUT2D eigenvalue weighted by atomic mass is 35.5. The van der Waals surface area contributed by atoms with Crippen LogP contribution in [0.1, 0.15) is 52.4 Å². The zero-order chi connectivity index (χ0) is 11.6. The van der Waals surface area contributed by atoms with Gasteiger partial charge in [-0.15, -0.1) is 11.6 Å². The van der Waals surface area contributed by atoms with E-state index in [1.54, 1.807) is 0 Å². The molecule has 3 heteroatoms. The molecule has 0 radical (unpaired) electrons. The molecular weight excluding hydrogens is 212 g/mol. The molecule has 0 saturated heterocycles. The number of aliphatic hydroxyl groups is 1. The van der Waals surface area contributed by atoms with Crippen molar-refractivity contribution in [3.05, 3.63) is 0 Å². The Morgan fingerprint density at radius 2 is 1.67 bits per heavy atom. The molecule has 0 aromatic rings.